The van der Waals surface area contributed by atoms with E-state index in [4.69, 9.17) is 17.3 Å². The SMILES string of the molecule is CCc1nc2c(C#N)cc(Cl)cc2n1-c1ccc(CCN)cc1. The summed E-state index contributed by atoms with van der Waals surface area (Å²) in [6, 6.07) is 13.9. The van der Waals surface area contributed by atoms with Gasteiger partial charge in [0.05, 0.1) is 11.1 Å². The van der Waals surface area contributed by atoms with E-state index in [-0.39, 0.29) is 0 Å². The summed E-state index contributed by atoms with van der Waals surface area (Å²) in [5.74, 6) is 0.908. The van der Waals surface area contributed by atoms with E-state index in [1.807, 2.05) is 13.0 Å². The predicted molar refractivity (Wildman–Crippen MR) is 92.9 cm³/mol. The second-order valence-electron chi connectivity index (χ2n) is 5.36. The van der Waals surface area contributed by atoms with Crippen LogP contribution in [0.5, 0.6) is 0 Å². The molecule has 0 saturated carbocycles. The highest BCUT2D eigenvalue weighted by Gasteiger charge is 2.15. The topological polar surface area (TPSA) is 67.6 Å². The van der Waals surface area contributed by atoms with Gasteiger partial charge in [0.1, 0.15) is 17.4 Å². The normalized spacial score (nSPS) is 10.9. The lowest BCUT2D eigenvalue weighted by Crippen LogP contribution is -2.03. The fourth-order valence-electron chi connectivity index (χ4n) is 2.78. The standard InChI is InChI=1S/C18H17ClN4/c1-2-17-22-18-13(11-21)9-14(19)10-16(18)23(17)15-5-3-12(4-6-15)7-8-20/h3-6,9-10H,2,7-8,20H2,1H3. The molecule has 23 heavy (non-hydrogen) atoms. The molecule has 5 heteroatoms. The molecule has 0 aliphatic carbocycles. The van der Waals surface area contributed by atoms with Crippen LogP contribution in [0.3, 0.4) is 0 Å². The lowest BCUT2D eigenvalue weighted by atomic mass is 10.1. The van der Waals surface area contributed by atoms with Gasteiger partial charge in [-0.15, -0.1) is 0 Å². The van der Waals surface area contributed by atoms with E-state index in [0.29, 0.717) is 22.6 Å². The zero-order valence-electron chi connectivity index (χ0n) is 12.9. The first-order valence-electron chi connectivity index (χ1n) is 7.58. The van der Waals surface area contributed by atoms with Crippen molar-refractivity contribution >= 4 is 22.6 Å². The summed E-state index contributed by atoms with van der Waals surface area (Å²) in [6.45, 7) is 2.68. The summed E-state index contributed by atoms with van der Waals surface area (Å²) < 4.78 is 2.06. The van der Waals surface area contributed by atoms with E-state index in [1.165, 1.54) is 5.56 Å². The maximum Gasteiger partial charge on any atom is 0.114 e. The Bertz CT molecular complexity index is 888. The molecule has 1 heterocycles. The maximum absolute atomic E-state index is 9.33. The quantitative estimate of drug-likeness (QED) is 0.797. The van der Waals surface area contributed by atoms with Crippen LogP contribution in [0.4, 0.5) is 0 Å². The lowest BCUT2D eigenvalue weighted by Gasteiger charge is -2.09. The van der Waals surface area contributed by atoms with Crippen LogP contribution in [0.2, 0.25) is 5.02 Å². The molecule has 0 unspecified atom stereocenters. The van der Waals surface area contributed by atoms with Crippen molar-refractivity contribution in [1.29, 1.82) is 5.26 Å². The highest BCUT2D eigenvalue weighted by Crippen LogP contribution is 2.28. The average Bonchev–Trinajstić information content (AvgIpc) is 2.93. The fraction of sp³-hybridized carbons (Fsp3) is 0.222. The molecule has 3 aromatic rings. The largest absolute Gasteiger partial charge is 0.330 e. The smallest absolute Gasteiger partial charge is 0.114 e. The summed E-state index contributed by atoms with van der Waals surface area (Å²) in [7, 11) is 0. The van der Waals surface area contributed by atoms with Gasteiger partial charge < -0.3 is 5.73 Å². The minimum Gasteiger partial charge on any atom is -0.330 e. The van der Waals surface area contributed by atoms with Crippen LogP contribution in [0.15, 0.2) is 36.4 Å². The molecular weight excluding hydrogens is 308 g/mol. The predicted octanol–water partition coefficient (Wildman–Crippen LogP) is 3.61. The Morgan fingerprint density at radius 2 is 2.00 bits per heavy atom. The minimum atomic E-state index is 0.501. The molecule has 2 aromatic carbocycles. The molecule has 0 saturated heterocycles. The lowest BCUT2D eigenvalue weighted by molar-refractivity contribution is 0.905. The number of hydrogen-bond donors (Lipinski definition) is 1. The Balaban J connectivity index is 2.23. The summed E-state index contributed by atoms with van der Waals surface area (Å²) in [5, 5.41) is 9.87. The van der Waals surface area contributed by atoms with E-state index in [1.54, 1.807) is 6.07 Å². The number of fused-ring (bicyclic) bond motifs is 1. The molecule has 0 amide bonds. The molecular formula is C18H17ClN4. The molecule has 0 aliphatic heterocycles. The van der Waals surface area contributed by atoms with Gasteiger partial charge in [0.25, 0.3) is 0 Å². The number of aryl methyl sites for hydroxylation is 1. The summed E-state index contributed by atoms with van der Waals surface area (Å²) in [5.41, 5.74) is 9.87. The van der Waals surface area contributed by atoms with Crippen LogP contribution in [-0.2, 0) is 12.8 Å². The Morgan fingerprint density at radius 1 is 1.26 bits per heavy atom. The van der Waals surface area contributed by atoms with E-state index >= 15 is 0 Å². The van der Waals surface area contributed by atoms with Gasteiger partial charge in [-0.25, -0.2) is 4.98 Å². The van der Waals surface area contributed by atoms with Crippen molar-refractivity contribution in [2.75, 3.05) is 6.54 Å². The molecule has 1 aromatic heterocycles. The van der Waals surface area contributed by atoms with Crippen molar-refractivity contribution < 1.29 is 0 Å². The van der Waals surface area contributed by atoms with Crippen LogP contribution in [0.1, 0.15) is 23.9 Å². The molecule has 0 aliphatic rings. The van der Waals surface area contributed by atoms with E-state index in [0.717, 1.165) is 29.9 Å². The molecule has 0 bridgehead atoms. The molecule has 3 rings (SSSR count). The first kappa shape index (κ1) is 15.5. The van der Waals surface area contributed by atoms with Gasteiger partial charge in [0, 0.05) is 17.1 Å². The second-order valence-corrected chi connectivity index (χ2v) is 5.79. The minimum absolute atomic E-state index is 0.501. The number of nitrogens with zero attached hydrogens (tertiary/aromatic N) is 3. The maximum atomic E-state index is 9.33. The van der Waals surface area contributed by atoms with Crippen molar-refractivity contribution in [3.8, 4) is 11.8 Å². The van der Waals surface area contributed by atoms with Crippen molar-refractivity contribution in [1.82, 2.24) is 9.55 Å². The summed E-state index contributed by atoms with van der Waals surface area (Å²) in [4.78, 5) is 4.64. The van der Waals surface area contributed by atoms with Crippen molar-refractivity contribution in [3.63, 3.8) is 0 Å². The van der Waals surface area contributed by atoms with Crippen LogP contribution in [0, 0.1) is 11.3 Å². The summed E-state index contributed by atoms with van der Waals surface area (Å²) in [6.07, 6.45) is 1.62. The Hall–Kier alpha value is -2.35. The number of aromatic nitrogens is 2. The number of nitriles is 1. The van der Waals surface area contributed by atoms with Crippen LogP contribution < -0.4 is 5.73 Å². The van der Waals surface area contributed by atoms with E-state index in [9.17, 15) is 5.26 Å². The van der Waals surface area contributed by atoms with Crippen LogP contribution >= 0.6 is 11.6 Å². The zero-order valence-corrected chi connectivity index (χ0v) is 13.6. The number of hydrogen-bond acceptors (Lipinski definition) is 3. The molecule has 0 radical (unpaired) electrons. The van der Waals surface area contributed by atoms with E-state index < -0.39 is 0 Å². The number of halogens is 1. The monoisotopic (exact) mass is 324 g/mol. The Labute approximate surface area is 140 Å². The van der Waals surface area contributed by atoms with Gasteiger partial charge in [-0.05, 0) is 42.8 Å². The number of benzene rings is 2. The molecule has 4 nitrogen and oxygen atoms in total. The van der Waals surface area contributed by atoms with Gasteiger partial charge >= 0.3 is 0 Å². The molecule has 116 valence electrons. The van der Waals surface area contributed by atoms with Crippen molar-refractivity contribution in [2.45, 2.75) is 19.8 Å². The highest BCUT2D eigenvalue weighted by atomic mass is 35.5. The second kappa shape index (κ2) is 6.41. The third-order valence-corrected chi connectivity index (χ3v) is 4.08. The molecule has 0 fully saturated rings. The molecule has 2 N–H and O–H groups in total. The van der Waals surface area contributed by atoms with Gasteiger partial charge in [-0.2, -0.15) is 5.26 Å². The first-order chi connectivity index (χ1) is 11.2. The van der Waals surface area contributed by atoms with Gasteiger partial charge in [-0.1, -0.05) is 30.7 Å². The number of imidazole rings is 1. The van der Waals surface area contributed by atoms with Crippen LogP contribution in [-0.4, -0.2) is 16.1 Å². The summed E-state index contributed by atoms with van der Waals surface area (Å²) >= 11 is 6.17. The third-order valence-electron chi connectivity index (χ3n) is 3.86. The van der Waals surface area contributed by atoms with Gasteiger partial charge in [-0.3, -0.25) is 4.57 Å². The number of nitrogens with two attached hydrogens (primary N) is 1. The Morgan fingerprint density at radius 3 is 2.61 bits per heavy atom. The van der Waals surface area contributed by atoms with Crippen LogP contribution in [0.25, 0.3) is 16.7 Å². The van der Waals surface area contributed by atoms with E-state index in [2.05, 4.69) is 39.9 Å². The zero-order chi connectivity index (χ0) is 16.4. The molecule has 0 spiro atoms. The highest BCUT2D eigenvalue weighted by molar-refractivity contribution is 6.31. The fourth-order valence-corrected chi connectivity index (χ4v) is 2.99. The average molecular weight is 325 g/mol. The number of rotatable bonds is 4. The van der Waals surface area contributed by atoms with Gasteiger partial charge in [0.15, 0.2) is 0 Å². The first-order valence-corrected chi connectivity index (χ1v) is 7.96. The van der Waals surface area contributed by atoms with Crippen molar-refractivity contribution in [3.05, 3.63) is 58.4 Å². The third kappa shape index (κ3) is 2.81. The van der Waals surface area contributed by atoms with Gasteiger partial charge in [0.2, 0.25) is 0 Å². The Kier molecular flexibility index (Phi) is 4.33. The van der Waals surface area contributed by atoms with Crippen molar-refractivity contribution in [2.24, 2.45) is 5.73 Å². The molecule has 0 atom stereocenters.